The number of phenols is 1. The zero-order valence-corrected chi connectivity index (χ0v) is 15.7. The number of nitrogens with zero attached hydrogens (tertiary/aromatic N) is 1. The first-order valence-corrected chi connectivity index (χ1v) is 10.3. The number of phenolic OH excluding ortho intramolecular Hbond substituents is 1. The zero-order chi connectivity index (χ0) is 19.9. The molecule has 4 rings (SSSR count). The number of sulfonamides is 1. The van der Waals surface area contributed by atoms with E-state index in [0.717, 1.165) is 16.2 Å². The van der Waals surface area contributed by atoms with Crippen molar-refractivity contribution in [2.24, 2.45) is 0 Å². The maximum Gasteiger partial charge on any atom is 0.416 e. The maximum absolute atomic E-state index is 12.5. The molecular weight excluding hydrogens is 412 g/mol. The smallest absolute Gasteiger partial charge is 0.416 e. The minimum Gasteiger partial charge on any atom is -0.504 e. The highest BCUT2D eigenvalue weighted by atomic mass is 32.2. The van der Waals surface area contributed by atoms with Crippen LogP contribution in [-0.2, 0) is 14.8 Å². The summed E-state index contributed by atoms with van der Waals surface area (Å²) in [4.78, 5) is 12.5. The molecule has 1 fully saturated rings. The number of anilines is 1. The quantitative estimate of drug-likeness (QED) is 0.615. The number of hydrogen-bond acceptors (Lipinski definition) is 9. The average molecular weight is 426 g/mol. The van der Waals surface area contributed by atoms with Gasteiger partial charge in [-0.3, -0.25) is 9.62 Å². The van der Waals surface area contributed by atoms with Crippen molar-refractivity contribution in [3.63, 3.8) is 0 Å². The van der Waals surface area contributed by atoms with Crippen molar-refractivity contribution in [1.29, 1.82) is 0 Å². The normalized spacial score (nSPS) is 18.7. The first kappa shape index (κ1) is 18.4. The number of amides is 1. The molecule has 1 aromatic carbocycles. The van der Waals surface area contributed by atoms with Crippen LogP contribution in [0.25, 0.3) is 6.08 Å². The molecule has 1 unspecified atom stereocenters. The molecule has 10 nitrogen and oxygen atoms in total. The van der Waals surface area contributed by atoms with E-state index in [1.54, 1.807) is 11.4 Å². The first-order valence-electron chi connectivity index (χ1n) is 7.90. The van der Waals surface area contributed by atoms with Gasteiger partial charge < -0.3 is 24.4 Å². The maximum atomic E-state index is 12.5. The molecule has 28 heavy (non-hydrogen) atoms. The number of nitrogens with one attached hydrogen (secondary N) is 1. The van der Waals surface area contributed by atoms with Crippen molar-refractivity contribution < 1.29 is 37.6 Å². The van der Waals surface area contributed by atoms with Crippen molar-refractivity contribution in [3.8, 4) is 17.2 Å². The summed E-state index contributed by atoms with van der Waals surface area (Å²) in [5.74, 6) is -0.282. The van der Waals surface area contributed by atoms with Crippen LogP contribution in [0.5, 0.6) is 17.2 Å². The molecule has 0 spiro atoms. The largest absolute Gasteiger partial charge is 0.504 e. The van der Waals surface area contributed by atoms with Gasteiger partial charge in [-0.15, -0.1) is 11.3 Å². The number of aromatic hydroxyl groups is 1. The Morgan fingerprint density at radius 3 is 2.75 bits per heavy atom. The van der Waals surface area contributed by atoms with Crippen molar-refractivity contribution in [3.05, 3.63) is 35.3 Å². The lowest BCUT2D eigenvalue weighted by molar-refractivity contribution is 0.0848. The summed E-state index contributed by atoms with van der Waals surface area (Å²) in [7, 11) is -3.87. The third-order valence-electron chi connectivity index (χ3n) is 3.95. The van der Waals surface area contributed by atoms with Crippen LogP contribution in [-0.4, -0.2) is 49.3 Å². The number of hydrogen-bond donors (Lipinski definition) is 3. The second-order valence-corrected chi connectivity index (χ2v) is 8.60. The van der Waals surface area contributed by atoms with Crippen LogP contribution < -0.4 is 14.2 Å². The highest BCUT2D eigenvalue weighted by Crippen LogP contribution is 2.48. The van der Waals surface area contributed by atoms with Crippen LogP contribution in [0.2, 0.25) is 0 Å². The van der Waals surface area contributed by atoms with Crippen LogP contribution in [0.1, 0.15) is 5.56 Å². The molecule has 1 saturated heterocycles. The summed E-state index contributed by atoms with van der Waals surface area (Å²) in [5.41, 5.74) is 0.197. The van der Waals surface area contributed by atoms with Gasteiger partial charge in [-0.1, -0.05) is 6.07 Å². The second-order valence-electron chi connectivity index (χ2n) is 5.74. The van der Waals surface area contributed by atoms with E-state index in [0.29, 0.717) is 0 Å². The Morgan fingerprint density at radius 1 is 1.29 bits per heavy atom. The van der Waals surface area contributed by atoms with E-state index in [1.165, 1.54) is 24.4 Å². The van der Waals surface area contributed by atoms with Crippen LogP contribution in [0.4, 0.5) is 10.5 Å². The Bertz CT molecular complexity index is 1050. The number of aliphatic hydroxyl groups is 1. The van der Waals surface area contributed by atoms with Crippen molar-refractivity contribution in [2.75, 3.05) is 18.1 Å². The fourth-order valence-electron chi connectivity index (χ4n) is 2.63. The van der Waals surface area contributed by atoms with Gasteiger partial charge in [-0.25, -0.2) is 13.2 Å². The fraction of sp³-hybridized carbons (Fsp3) is 0.188. The molecule has 0 radical (unpaired) electrons. The number of aliphatic hydroxyl groups excluding tert-OH is 1. The summed E-state index contributed by atoms with van der Waals surface area (Å²) in [6.45, 7) is -0.372. The average Bonchev–Trinajstić information content (AvgIpc) is 3.39. The minimum atomic E-state index is -3.87. The van der Waals surface area contributed by atoms with E-state index in [2.05, 4.69) is 9.46 Å². The minimum absolute atomic E-state index is 0.0319. The molecular formula is C16H14N2O8S2. The molecule has 148 valence electrons. The molecule has 3 N–H and O–H groups in total. The predicted octanol–water partition coefficient (Wildman–Crippen LogP) is 1.72. The number of rotatable bonds is 5. The Labute approximate surface area is 163 Å². The van der Waals surface area contributed by atoms with Gasteiger partial charge >= 0.3 is 6.09 Å². The molecule has 0 aliphatic carbocycles. The summed E-state index contributed by atoms with van der Waals surface area (Å²) in [6, 6.07) is 4.39. The highest BCUT2D eigenvalue weighted by Gasteiger charge is 2.30. The van der Waals surface area contributed by atoms with E-state index in [-0.39, 0.29) is 46.1 Å². The lowest BCUT2D eigenvalue weighted by atomic mass is 10.1. The number of cyclic esters (lactones) is 1. The van der Waals surface area contributed by atoms with Gasteiger partial charge in [0.2, 0.25) is 12.5 Å². The molecule has 1 aromatic heterocycles. The molecule has 2 aromatic rings. The number of ether oxygens (including phenoxy) is 3. The molecule has 1 atom stereocenters. The molecule has 0 bridgehead atoms. The SMILES string of the molecule is O=C1OCC(O)N1/C=C/c1cc(NS(=O)(=O)c2cccs2)c2c(c1O)OCO2. The molecule has 0 saturated carbocycles. The van der Waals surface area contributed by atoms with Gasteiger partial charge in [0.15, 0.2) is 17.7 Å². The number of fused-ring (bicyclic) bond motifs is 1. The number of thiophene rings is 1. The lowest BCUT2D eigenvalue weighted by Crippen LogP contribution is -2.27. The van der Waals surface area contributed by atoms with E-state index < -0.39 is 22.3 Å². The van der Waals surface area contributed by atoms with Crippen LogP contribution in [0, 0.1) is 0 Å². The van der Waals surface area contributed by atoms with Crippen LogP contribution in [0.15, 0.2) is 34.0 Å². The Kier molecular flexibility index (Phi) is 4.53. The third kappa shape index (κ3) is 3.21. The standard InChI is InChI=1S/C16H14N2O8S2/c19-11-7-24-16(21)18(11)4-3-9-6-10(14-15(13(9)20)26-8-25-14)17-28(22,23)12-2-1-5-27-12/h1-6,11,17,19-20H,7-8H2/b4-3+. The van der Waals surface area contributed by atoms with Gasteiger partial charge in [0.1, 0.15) is 10.8 Å². The Morgan fingerprint density at radius 2 is 2.07 bits per heavy atom. The van der Waals surface area contributed by atoms with E-state index in [9.17, 15) is 23.4 Å². The molecule has 3 heterocycles. The van der Waals surface area contributed by atoms with E-state index in [4.69, 9.17) is 9.47 Å². The van der Waals surface area contributed by atoms with Gasteiger partial charge in [-0.05, 0) is 23.6 Å². The van der Waals surface area contributed by atoms with E-state index >= 15 is 0 Å². The van der Waals surface area contributed by atoms with Gasteiger partial charge in [0.25, 0.3) is 10.0 Å². The summed E-state index contributed by atoms with van der Waals surface area (Å²) < 4.78 is 42.8. The monoisotopic (exact) mass is 426 g/mol. The molecule has 2 aliphatic heterocycles. The number of carbonyl (C=O) groups is 1. The Hall–Kier alpha value is -2.96. The van der Waals surface area contributed by atoms with Crippen LogP contribution in [0.3, 0.4) is 0 Å². The van der Waals surface area contributed by atoms with Crippen LogP contribution >= 0.6 is 11.3 Å². The highest BCUT2D eigenvalue weighted by molar-refractivity contribution is 7.94. The first-order chi connectivity index (χ1) is 13.4. The van der Waals surface area contributed by atoms with E-state index in [1.807, 2.05) is 0 Å². The Balaban J connectivity index is 1.71. The third-order valence-corrected chi connectivity index (χ3v) is 6.72. The van der Waals surface area contributed by atoms with Crippen molar-refractivity contribution >= 4 is 39.2 Å². The number of carbonyl (C=O) groups excluding carboxylic acids is 1. The fourth-order valence-corrected chi connectivity index (χ4v) is 4.68. The van der Waals surface area contributed by atoms with Gasteiger partial charge in [0.05, 0.1) is 5.69 Å². The molecule has 2 aliphatic rings. The topological polar surface area (TPSA) is 135 Å². The summed E-state index contributed by atoms with van der Waals surface area (Å²) >= 11 is 1.05. The van der Waals surface area contributed by atoms with Crippen molar-refractivity contribution in [2.45, 2.75) is 10.4 Å². The predicted molar refractivity (Wildman–Crippen MR) is 97.6 cm³/mol. The van der Waals surface area contributed by atoms with Crippen molar-refractivity contribution in [1.82, 2.24) is 4.90 Å². The number of benzene rings is 1. The lowest BCUT2D eigenvalue weighted by Gasteiger charge is -2.13. The second kappa shape index (κ2) is 6.89. The summed E-state index contributed by atoms with van der Waals surface area (Å²) in [5, 5.41) is 21.7. The molecule has 12 heteroatoms. The zero-order valence-electron chi connectivity index (χ0n) is 14.1. The van der Waals surface area contributed by atoms with Gasteiger partial charge in [-0.2, -0.15) is 0 Å². The molecule has 1 amide bonds. The van der Waals surface area contributed by atoms with Gasteiger partial charge in [0, 0.05) is 11.8 Å². The summed E-state index contributed by atoms with van der Waals surface area (Å²) in [6.07, 6.45) is 0.629.